The maximum Gasteiger partial charge on any atom is 0.328 e. The van der Waals surface area contributed by atoms with Gasteiger partial charge in [-0.2, -0.15) is 0 Å². The van der Waals surface area contributed by atoms with E-state index in [0.717, 1.165) is 0 Å². The minimum Gasteiger partial charge on any atom is -0.295 e. The molecule has 0 saturated carbocycles. The van der Waals surface area contributed by atoms with E-state index in [1.807, 2.05) is 0 Å². The van der Waals surface area contributed by atoms with Crippen molar-refractivity contribution in [2.24, 2.45) is 14.1 Å². The molecule has 1 aromatic heterocycles. The predicted molar refractivity (Wildman–Crippen MR) is 126 cm³/mol. The molecular weight excluding hydrogens is 473 g/mol. The fraction of sp³-hybridized carbons (Fsp3) is 0.136. The molecule has 0 atom stereocenters. The van der Waals surface area contributed by atoms with Gasteiger partial charge in [-0.1, -0.05) is 29.4 Å². The highest BCUT2D eigenvalue weighted by atomic mass is 35.5. The van der Waals surface area contributed by atoms with Crippen LogP contribution in [0.1, 0.15) is 5.56 Å². The second-order valence-electron chi connectivity index (χ2n) is 7.26. The number of anilines is 1. The lowest BCUT2D eigenvalue weighted by molar-refractivity contribution is 0.600. The van der Waals surface area contributed by atoms with Gasteiger partial charge in [0.25, 0.3) is 10.0 Å². The van der Waals surface area contributed by atoms with Crippen molar-refractivity contribution < 1.29 is 12.8 Å². The van der Waals surface area contributed by atoms with Crippen molar-refractivity contribution in [3.63, 3.8) is 0 Å². The number of halogens is 2. The third-order valence-corrected chi connectivity index (χ3v) is 8.15. The van der Waals surface area contributed by atoms with Gasteiger partial charge in [0.2, 0.25) is 0 Å². The van der Waals surface area contributed by atoms with Gasteiger partial charge in [-0.15, -0.1) is 0 Å². The molecule has 0 bridgehead atoms. The number of nitrogens with zero attached hydrogens (tertiary/aromatic N) is 2. The van der Waals surface area contributed by atoms with E-state index in [0.29, 0.717) is 37.1 Å². The summed E-state index contributed by atoms with van der Waals surface area (Å²) >= 11 is 7.39. The molecule has 0 unspecified atom stereocenters. The molecule has 0 radical (unpaired) electrons. The molecule has 0 saturated heterocycles. The van der Waals surface area contributed by atoms with Gasteiger partial charge in [-0.25, -0.2) is 17.6 Å². The Morgan fingerprint density at radius 3 is 2.28 bits per heavy atom. The Morgan fingerprint density at radius 2 is 1.62 bits per heavy atom. The van der Waals surface area contributed by atoms with Crippen molar-refractivity contribution in [1.82, 2.24) is 9.13 Å². The Morgan fingerprint density at radius 1 is 1.00 bits per heavy atom. The molecular formula is C22H19ClFN3O3S2. The van der Waals surface area contributed by atoms with Gasteiger partial charge in [0.15, 0.2) is 0 Å². The number of hydrogen-bond acceptors (Lipinski definition) is 4. The van der Waals surface area contributed by atoms with E-state index in [2.05, 4.69) is 4.72 Å². The van der Waals surface area contributed by atoms with Gasteiger partial charge >= 0.3 is 5.69 Å². The highest BCUT2D eigenvalue weighted by molar-refractivity contribution is 7.99. The summed E-state index contributed by atoms with van der Waals surface area (Å²) in [6, 6.07) is 13.9. The first kappa shape index (κ1) is 22.4. The lowest BCUT2D eigenvalue weighted by atomic mass is 10.2. The molecule has 4 aromatic rings. The van der Waals surface area contributed by atoms with Crippen LogP contribution in [0.15, 0.2) is 74.1 Å². The molecule has 4 rings (SSSR count). The third kappa shape index (κ3) is 4.03. The first-order valence-corrected chi connectivity index (χ1v) is 12.2. The van der Waals surface area contributed by atoms with Crippen LogP contribution in [-0.2, 0) is 24.1 Å². The largest absolute Gasteiger partial charge is 0.328 e. The molecule has 3 aromatic carbocycles. The number of fused-ring (bicyclic) bond motifs is 1. The summed E-state index contributed by atoms with van der Waals surface area (Å²) in [4.78, 5) is 13.8. The number of aryl methyl sites for hydroxylation is 2. The summed E-state index contributed by atoms with van der Waals surface area (Å²) in [7, 11) is -0.704. The number of aromatic nitrogens is 2. The van der Waals surface area contributed by atoms with Crippen LogP contribution >= 0.6 is 23.4 Å². The molecule has 0 aliphatic carbocycles. The summed E-state index contributed by atoms with van der Waals surface area (Å²) < 4.78 is 45.4. The Bertz CT molecular complexity index is 1510. The Labute approximate surface area is 193 Å². The van der Waals surface area contributed by atoms with Gasteiger partial charge in [-0.3, -0.25) is 13.9 Å². The van der Waals surface area contributed by atoms with Crippen LogP contribution in [0.4, 0.5) is 10.1 Å². The fourth-order valence-electron chi connectivity index (χ4n) is 3.40. The van der Waals surface area contributed by atoms with E-state index in [9.17, 15) is 17.6 Å². The molecule has 0 spiro atoms. The molecule has 166 valence electrons. The van der Waals surface area contributed by atoms with Crippen LogP contribution in [0.2, 0.25) is 5.02 Å². The van der Waals surface area contributed by atoms with Crippen molar-refractivity contribution in [3.05, 3.63) is 81.5 Å². The molecule has 6 nitrogen and oxygen atoms in total. The average molecular weight is 492 g/mol. The standard InChI is InChI=1S/C22H19ClFN3O3S2/c1-13-16(23)5-4-6-21(13)32(29,30)25-17-11-18-19(27(3)22(28)26(18)2)12-20(17)31-15-9-7-14(24)8-10-15/h4-12,25H,1-3H3. The molecule has 10 heteroatoms. The molecule has 0 aliphatic heterocycles. The molecule has 0 aliphatic rings. The van der Waals surface area contributed by atoms with Gasteiger partial charge < -0.3 is 0 Å². The van der Waals surface area contributed by atoms with Gasteiger partial charge in [0, 0.05) is 28.9 Å². The van der Waals surface area contributed by atoms with Crippen LogP contribution in [0, 0.1) is 12.7 Å². The number of benzene rings is 3. The van der Waals surface area contributed by atoms with Gasteiger partial charge in [0.05, 0.1) is 21.6 Å². The Kier molecular flexibility index (Phi) is 5.83. The molecule has 1 heterocycles. The predicted octanol–water partition coefficient (Wildman–Crippen LogP) is 4.93. The topological polar surface area (TPSA) is 73.1 Å². The second-order valence-corrected chi connectivity index (χ2v) is 10.4. The summed E-state index contributed by atoms with van der Waals surface area (Å²) in [6.07, 6.45) is 0. The summed E-state index contributed by atoms with van der Waals surface area (Å²) in [5.74, 6) is -0.368. The van der Waals surface area contributed by atoms with Crippen molar-refractivity contribution in [3.8, 4) is 0 Å². The van der Waals surface area contributed by atoms with Crippen molar-refractivity contribution >= 4 is 50.1 Å². The normalized spacial score (nSPS) is 11.8. The zero-order valence-electron chi connectivity index (χ0n) is 17.4. The first-order chi connectivity index (χ1) is 15.1. The zero-order chi connectivity index (χ0) is 23.2. The average Bonchev–Trinajstić information content (AvgIpc) is 2.95. The van der Waals surface area contributed by atoms with Crippen LogP contribution in [0.5, 0.6) is 0 Å². The van der Waals surface area contributed by atoms with Crippen LogP contribution < -0.4 is 10.4 Å². The number of nitrogens with one attached hydrogen (secondary N) is 1. The summed E-state index contributed by atoms with van der Waals surface area (Å²) in [6.45, 7) is 1.63. The molecule has 1 N–H and O–H groups in total. The first-order valence-electron chi connectivity index (χ1n) is 9.49. The number of sulfonamides is 1. The lowest BCUT2D eigenvalue weighted by Crippen LogP contribution is -2.19. The van der Waals surface area contributed by atoms with Crippen molar-refractivity contribution in [2.45, 2.75) is 21.6 Å². The molecule has 0 fully saturated rings. The Balaban J connectivity index is 1.88. The summed E-state index contributed by atoms with van der Waals surface area (Å²) in [5, 5.41) is 0.342. The summed E-state index contributed by atoms with van der Waals surface area (Å²) in [5.41, 5.74) is 1.71. The smallest absolute Gasteiger partial charge is 0.295 e. The number of imidazole rings is 1. The fourth-order valence-corrected chi connectivity index (χ4v) is 5.95. The SMILES string of the molecule is Cc1c(Cl)cccc1S(=O)(=O)Nc1cc2c(cc1Sc1ccc(F)cc1)n(C)c(=O)n2C. The van der Waals surface area contributed by atoms with E-state index >= 15 is 0 Å². The molecule has 0 amide bonds. The van der Waals surface area contributed by atoms with E-state index < -0.39 is 10.0 Å². The quantitative estimate of drug-likeness (QED) is 0.429. The van der Waals surface area contributed by atoms with E-state index in [1.54, 1.807) is 57.4 Å². The maximum absolute atomic E-state index is 13.3. The highest BCUT2D eigenvalue weighted by Crippen LogP contribution is 2.37. The zero-order valence-corrected chi connectivity index (χ0v) is 19.8. The minimum absolute atomic E-state index is 0.0600. The Hall–Kier alpha value is -2.75. The van der Waals surface area contributed by atoms with Crippen LogP contribution in [0.25, 0.3) is 11.0 Å². The number of hydrogen-bond donors (Lipinski definition) is 1. The van der Waals surface area contributed by atoms with Gasteiger partial charge in [-0.05, 0) is 61.0 Å². The maximum atomic E-state index is 13.3. The van der Waals surface area contributed by atoms with E-state index in [-0.39, 0.29) is 16.4 Å². The lowest BCUT2D eigenvalue weighted by Gasteiger charge is -2.15. The molecule has 32 heavy (non-hydrogen) atoms. The second kappa shape index (κ2) is 8.31. The van der Waals surface area contributed by atoms with Crippen LogP contribution in [-0.4, -0.2) is 17.6 Å². The van der Waals surface area contributed by atoms with Gasteiger partial charge in [0.1, 0.15) is 5.82 Å². The van der Waals surface area contributed by atoms with Crippen molar-refractivity contribution in [1.29, 1.82) is 0 Å². The van der Waals surface area contributed by atoms with E-state index in [1.165, 1.54) is 39.1 Å². The third-order valence-electron chi connectivity index (χ3n) is 5.17. The number of rotatable bonds is 5. The monoisotopic (exact) mass is 491 g/mol. The van der Waals surface area contributed by atoms with Crippen LogP contribution in [0.3, 0.4) is 0 Å². The van der Waals surface area contributed by atoms with Crippen molar-refractivity contribution in [2.75, 3.05) is 4.72 Å². The van der Waals surface area contributed by atoms with E-state index in [4.69, 9.17) is 11.6 Å². The minimum atomic E-state index is -3.97. The highest BCUT2D eigenvalue weighted by Gasteiger charge is 2.22.